The Labute approximate surface area is 233 Å². The lowest BCUT2D eigenvalue weighted by Crippen LogP contribution is -2.38. The van der Waals surface area contributed by atoms with Crippen LogP contribution in [0.3, 0.4) is 0 Å². The average Bonchev–Trinajstić information content (AvgIpc) is 3.61. The number of rotatable bonds is 8. The predicted octanol–water partition coefficient (Wildman–Crippen LogP) is 4.88. The Balaban J connectivity index is 1.16. The minimum atomic E-state index is -0.406. The molecule has 210 valence electrons. The van der Waals surface area contributed by atoms with Gasteiger partial charge in [-0.15, -0.1) is 5.10 Å². The van der Waals surface area contributed by atoms with Gasteiger partial charge in [-0.2, -0.15) is 0 Å². The highest BCUT2D eigenvalue weighted by atomic mass is 16.5. The van der Waals surface area contributed by atoms with Crippen LogP contribution in [0.2, 0.25) is 0 Å². The van der Waals surface area contributed by atoms with E-state index in [2.05, 4.69) is 31.0 Å². The van der Waals surface area contributed by atoms with Crippen LogP contribution in [0.25, 0.3) is 16.9 Å². The molecule has 0 saturated carbocycles. The Morgan fingerprint density at radius 2 is 1.82 bits per heavy atom. The minimum absolute atomic E-state index is 0.193. The van der Waals surface area contributed by atoms with Gasteiger partial charge in [0.1, 0.15) is 23.8 Å². The standard InChI is InChI=1S/C29H35N7O4/c1-20-17-23(9-10-25(20)39-16-13-35-11-14-38-15-12-35)36-19-24(32-34-36)21-5-7-22(8-6-21)30-28(37)31-27-18-26(40-33-27)29(2,3)4/h5-10,17-19H,11-16H2,1-4H3,(H2,30,31,33,37). The Morgan fingerprint density at radius 1 is 1.05 bits per heavy atom. The molecule has 1 aliphatic rings. The SMILES string of the molecule is Cc1cc(-n2cc(-c3ccc(NC(=O)Nc4cc(C(C)(C)C)on4)cc3)nn2)ccc1OCCN1CCOCC1. The van der Waals surface area contributed by atoms with Crippen LogP contribution in [0.15, 0.2) is 59.3 Å². The number of carbonyl (C=O) groups is 1. The van der Waals surface area contributed by atoms with Gasteiger partial charge in [0, 0.05) is 42.4 Å². The molecule has 0 aliphatic carbocycles. The fourth-order valence-electron chi connectivity index (χ4n) is 4.26. The van der Waals surface area contributed by atoms with Crippen LogP contribution in [0.4, 0.5) is 16.3 Å². The zero-order valence-electron chi connectivity index (χ0n) is 23.3. The van der Waals surface area contributed by atoms with Crippen molar-refractivity contribution in [1.82, 2.24) is 25.1 Å². The van der Waals surface area contributed by atoms with Crippen molar-refractivity contribution >= 4 is 17.5 Å². The number of anilines is 2. The molecule has 2 aromatic carbocycles. The number of morpholine rings is 1. The molecule has 0 bridgehead atoms. The van der Waals surface area contributed by atoms with Gasteiger partial charge < -0.3 is 19.3 Å². The number of amides is 2. The van der Waals surface area contributed by atoms with E-state index in [-0.39, 0.29) is 5.41 Å². The zero-order chi connectivity index (χ0) is 28.1. The van der Waals surface area contributed by atoms with Gasteiger partial charge in [-0.1, -0.05) is 43.3 Å². The smallest absolute Gasteiger partial charge is 0.324 e. The van der Waals surface area contributed by atoms with Crippen LogP contribution in [0.5, 0.6) is 5.75 Å². The molecule has 3 heterocycles. The van der Waals surface area contributed by atoms with E-state index < -0.39 is 6.03 Å². The average molecular weight is 546 g/mol. The largest absolute Gasteiger partial charge is 0.492 e. The number of hydrogen-bond acceptors (Lipinski definition) is 8. The van der Waals surface area contributed by atoms with Crippen LogP contribution in [-0.4, -0.2) is 70.5 Å². The first kappa shape index (κ1) is 27.4. The van der Waals surface area contributed by atoms with Crippen LogP contribution >= 0.6 is 0 Å². The summed E-state index contributed by atoms with van der Waals surface area (Å²) in [5, 5.41) is 18.0. The molecule has 40 heavy (non-hydrogen) atoms. The number of aromatic nitrogens is 4. The lowest BCUT2D eigenvalue weighted by molar-refractivity contribution is 0.0322. The molecule has 1 saturated heterocycles. The Hall–Kier alpha value is -4.22. The molecule has 5 rings (SSSR count). The van der Waals surface area contributed by atoms with Crippen LogP contribution in [0.1, 0.15) is 32.1 Å². The van der Waals surface area contributed by atoms with Gasteiger partial charge in [-0.05, 0) is 42.8 Å². The number of hydrogen-bond donors (Lipinski definition) is 2. The molecule has 1 fully saturated rings. The number of nitrogens with zero attached hydrogens (tertiary/aromatic N) is 5. The Morgan fingerprint density at radius 3 is 2.52 bits per heavy atom. The first-order valence-corrected chi connectivity index (χ1v) is 13.4. The van der Waals surface area contributed by atoms with E-state index in [1.807, 2.05) is 76.4 Å². The fourth-order valence-corrected chi connectivity index (χ4v) is 4.26. The highest BCUT2D eigenvalue weighted by Crippen LogP contribution is 2.25. The van der Waals surface area contributed by atoms with Gasteiger partial charge in [0.05, 0.1) is 25.1 Å². The molecule has 1 aliphatic heterocycles. The van der Waals surface area contributed by atoms with Crippen molar-refractivity contribution in [2.75, 3.05) is 50.1 Å². The monoisotopic (exact) mass is 545 g/mol. The number of ether oxygens (including phenoxy) is 2. The summed E-state index contributed by atoms with van der Waals surface area (Å²) in [6.07, 6.45) is 1.88. The van der Waals surface area contributed by atoms with Crippen LogP contribution < -0.4 is 15.4 Å². The summed E-state index contributed by atoms with van der Waals surface area (Å²) < 4.78 is 18.5. The molecule has 0 spiro atoms. The highest BCUT2D eigenvalue weighted by molar-refractivity contribution is 5.99. The number of urea groups is 1. The third-order valence-corrected chi connectivity index (χ3v) is 6.61. The van der Waals surface area contributed by atoms with Crippen LogP contribution in [0, 0.1) is 6.92 Å². The van der Waals surface area contributed by atoms with E-state index >= 15 is 0 Å². The van der Waals surface area contributed by atoms with Crippen molar-refractivity contribution in [3.05, 3.63) is 66.1 Å². The van der Waals surface area contributed by atoms with Crippen molar-refractivity contribution in [3.8, 4) is 22.7 Å². The molecule has 0 unspecified atom stereocenters. The van der Waals surface area contributed by atoms with E-state index in [9.17, 15) is 4.79 Å². The van der Waals surface area contributed by atoms with Gasteiger partial charge in [0.25, 0.3) is 0 Å². The summed E-state index contributed by atoms with van der Waals surface area (Å²) in [5.74, 6) is 1.92. The number of aryl methyl sites for hydroxylation is 1. The molecule has 11 nitrogen and oxygen atoms in total. The maximum Gasteiger partial charge on any atom is 0.324 e. The molecule has 0 atom stereocenters. The van der Waals surface area contributed by atoms with Gasteiger partial charge >= 0.3 is 6.03 Å². The molecular formula is C29H35N7O4. The molecule has 2 aromatic heterocycles. The summed E-state index contributed by atoms with van der Waals surface area (Å²) in [6, 6.07) is 14.7. The van der Waals surface area contributed by atoms with Crippen molar-refractivity contribution in [1.29, 1.82) is 0 Å². The number of nitrogens with one attached hydrogen (secondary N) is 2. The first-order valence-electron chi connectivity index (χ1n) is 13.4. The third kappa shape index (κ3) is 6.85. The summed E-state index contributed by atoms with van der Waals surface area (Å²) in [6.45, 7) is 13.1. The number of carbonyl (C=O) groups excluding carboxylic acids is 1. The highest BCUT2D eigenvalue weighted by Gasteiger charge is 2.20. The summed E-state index contributed by atoms with van der Waals surface area (Å²) >= 11 is 0. The normalized spacial score (nSPS) is 14.2. The van der Waals surface area contributed by atoms with Gasteiger partial charge in [-0.25, -0.2) is 9.48 Å². The van der Waals surface area contributed by atoms with Crippen molar-refractivity contribution in [2.24, 2.45) is 0 Å². The van der Waals surface area contributed by atoms with E-state index in [0.717, 1.165) is 61.1 Å². The quantitative estimate of drug-likeness (QED) is 0.321. The van der Waals surface area contributed by atoms with E-state index in [0.29, 0.717) is 23.9 Å². The molecule has 11 heteroatoms. The Bertz CT molecular complexity index is 1430. The second-order valence-corrected chi connectivity index (χ2v) is 10.8. The molecular weight excluding hydrogens is 510 g/mol. The topological polar surface area (TPSA) is 120 Å². The molecule has 0 radical (unpaired) electrons. The second-order valence-electron chi connectivity index (χ2n) is 10.8. The lowest BCUT2D eigenvalue weighted by Gasteiger charge is -2.26. The van der Waals surface area contributed by atoms with E-state index in [4.69, 9.17) is 14.0 Å². The second kappa shape index (κ2) is 11.9. The van der Waals surface area contributed by atoms with Gasteiger partial charge in [-0.3, -0.25) is 10.2 Å². The van der Waals surface area contributed by atoms with Crippen molar-refractivity contribution < 1.29 is 18.8 Å². The fraction of sp³-hybridized carbons (Fsp3) is 0.379. The lowest BCUT2D eigenvalue weighted by atomic mass is 9.93. The van der Waals surface area contributed by atoms with Crippen molar-refractivity contribution in [2.45, 2.75) is 33.1 Å². The predicted molar refractivity (Wildman–Crippen MR) is 152 cm³/mol. The zero-order valence-corrected chi connectivity index (χ0v) is 23.3. The molecule has 2 amide bonds. The maximum atomic E-state index is 12.4. The molecule has 4 aromatic rings. The van der Waals surface area contributed by atoms with E-state index in [1.54, 1.807) is 10.7 Å². The van der Waals surface area contributed by atoms with Crippen molar-refractivity contribution in [3.63, 3.8) is 0 Å². The summed E-state index contributed by atoms with van der Waals surface area (Å²) in [4.78, 5) is 14.7. The molecule has 2 N–H and O–H groups in total. The van der Waals surface area contributed by atoms with Gasteiger partial charge in [0.2, 0.25) is 0 Å². The Kier molecular flexibility index (Phi) is 8.13. The first-order chi connectivity index (χ1) is 19.2. The maximum absolute atomic E-state index is 12.4. The third-order valence-electron chi connectivity index (χ3n) is 6.61. The van der Waals surface area contributed by atoms with Gasteiger partial charge in [0.15, 0.2) is 5.82 Å². The summed E-state index contributed by atoms with van der Waals surface area (Å²) in [5.41, 5.74) is 3.97. The number of benzene rings is 2. The van der Waals surface area contributed by atoms with E-state index in [1.165, 1.54) is 0 Å². The van der Waals surface area contributed by atoms with Crippen LogP contribution in [-0.2, 0) is 10.2 Å². The summed E-state index contributed by atoms with van der Waals surface area (Å²) in [7, 11) is 0. The minimum Gasteiger partial charge on any atom is -0.492 e.